The minimum Gasteiger partial charge on any atom is -0.491 e. The molecule has 0 unspecified atom stereocenters. The van der Waals surface area contributed by atoms with Crippen molar-refractivity contribution >= 4 is 11.6 Å². The lowest BCUT2D eigenvalue weighted by atomic mass is 9.99. The van der Waals surface area contributed by atoms with Gasteiger partial charge in [0.15, 0.2) is 0 Å². The molecule has 2 atom stereocenters. The Morgan fingerprint density at radius 2 is 2.12 bits per heavy atom. The topological polar surface area (TPSA) is 82.0 Å². The SMILES string of the molecule is CC(=O)Nc1ccc(OC[C@H](O)CN2CCCC[C@@H]2CCO)cc1. The van der Waals surface area contributed by atoms with Gasteiger partial charge in [0.05, 0.1) is 0 Å². The predicted octanol–water partition coefficient (Wildman–Crippen LogP) is 1.62. The van der Waals surface area contributed by atoms with E-state index in [1.807, 2.05) is 0 Å². The van der Waals surface area contributed by atoms with Crippen molar-refractivity contribution in [1.29, 1.82) is 0 Å². The van der Waals surface area contributed by atoms with Crippen LogP contribution in [0.25, 0.3) is 0 Å². The summed E-state index contributed by atoms with van der Waals surface area (Å²) in [6, 6.07) is 7.44. The minimum absolute atomic E-state index is 0.113. The van der Waals surface area contributed by atoms with Crippen LogP contribution in [-0.2, 0) is 4.79 Å². The number of carbonyl (C=O) groups is 1. The number of carbonyl (C=O) groups excluding carboxylic acids is 1. The van der Waals surface area contributed by atoms with E-state index in [-0.39, 0.29) is 19.1 Å². The summed E-state index contributed by atoms with van der Waals surface area (Å²) in [4.78, 5) is 13.2. The average molecular weight is 336 g/mol. The zero-order valence-corrected chi connectivity index (χ0v) is 14.3. The molecule has 1 saturated heterocycles. The second-order valence-corrected chi connectivity index (χ2v) is 6.33. The van der Waals surface area contributed by atoms with Crippen molar-refractivity contribution < 1.29 is 19.7 Å². The van der Waals surface area contributed by atoms with E-state index in [1.165, 1.54) is 13.3 Å². The first kappa shape index (κ1) is 18.7. The number of piperidine rings is 1. The number of rotatable bonds is 8. The van der Waals surface area contributed by atoms with Gasteiger partial charge in [0.25, 0.3) is 0 Å². The van der Waals surface area contributed by atoms with Gasteiger partial charge in [-0.3, -0.25) is 9.69 Å². The molecule has 0 saturated carbocycles. The lowest BCUT2D eigenvalue weighted by Crippen LogP contribution is -2.45. The molecule has 0 radical (unpaired) electrons. The van der Waals surface area contributed by atoms with Gasteiger partial charge < -0.3 is 20.3 Å². The molecule has 1 aliphatic rings. The minimum atomic E-state index is -0.570. The van der Waals surface area contributed by atoms with E-state index in [0.29, 0.717) is 18.3 Å². The van der Waals surface area contributed by atoms with E-state index in [0.717, 1.165) is 31.5 Å². The number of aliphatic hydroxyl groups is 2. The molecule has 1 amide bonds. The third-order valence-corrected chi connectivity index (χ3v) is 4.27. The third-order valence-electron chi connectivity index (χ3n) is 4.27. The zero-order valence-electron chi connectivity index (χ0n) is 14.3. The molecule has 1 aromatic carbocycles. The number of hydrogen-bond donors (Lipinski definition) is 3. The molecule has 1 aromatic rings. The second-order valence-electron chi connectivity index (χ2n) is 6.33. The first-order valence-electron chi connectivity index (χ1n) is 8.62. The molecule has 1 aliphatic heterocycles. The normalized spacial score (nSPS) is 19.7. The summed E-state index contributed by atoms with van der Waals surface area (Å²) >= 11 is 0. The molecule has 134 valence electrons. The van der Waals surface area contributed by atoms with Crippen molar-refractivity contribution in [2.24, 2.45) is 0 Å². The summed E-state index contributed by atoms with van der Waals surface area (Å²) in [5, 5.41) is 22.1. The van der Waals surface area contributed by atoms with Crippen LogP contribution in [0.3, 0.4) is 0 Å². The van der Waals surface area contributed by atoms with Crippen molar-refractivity contribution in [1.82, 2.24) is 4.90 Å². The fraction of sp³-hybridized carbons (Fsp3) is 0.611. The highest BCUT2D eigenvalue weighted by Crippen LogP contribution is 2.20. The molecule has 24 heavy (non-hydrogen) atoms. The zero-order chi connectivity index (χ0) is 17.4. The van der Waals surface area contributed by atoms with Gasteiger partial charge in [-0.2, -0.15) is 0 Å². The fourth-order valence-corrected chi connectivity index (χ4v) is 3.13. The Balaban J connectivity index is 1.77. The summed E-state index contributed by atoms with van der Waals surface area (Å²) in [5.41, 5.74) is 0.718. The van der Waals surface area contributed by atoms with Gasteiger partial charge in [-0.05, 0) is 50.1 Å². The van der Waals surface area contributed by atoms with Crippen LogP contribution in [-0.4, -0.2) is 59.5 Å². The van der Waals surface area contributed by atoms with Gasteiger partial charge in [0, 0.05) is 31.8 Å². The van der Waals surface area contributed by atoms with Gasteiger partial charge >= 0.3 is 0 Å². The first-order valence-corrected chi connectivity index (χ1v) is 8.62. The molecule has 6 heteroatoms. The van der Waals surface area contributed by atoms with Crippen LogP contribution in [0.5, 0.6) is 5.75 Å². The molecule has 1 fully saturated rings. The molecule has 0 aliphatic carbocycles. The maximum atomic E-state index is 11.0. The summed E-state index contributed by atoms with van der Waals surface area (Å²) < 4.78 is 5.63. The Morgan fingerprint density at radius 1 is 1.38 bits per heavy atom. The van der Waals surface area contributed by atoms with E-state index in [1.54, 1.807) is 24.3 Å². The number of aliphatic hydroxyl groups excluding tert-OH is 2. The third kappa shape index (κ3) is 6.11. The standard InChI is InChI=1S/C18H28N2O4/c1-14(22)19-15-5-7-18(8-6-15)24-13-17(23)12-20-10-3-2-4-16(20)9-11-21/h5-8,16-17,21,23H,2-4,9-13H2,1H3,(H,19,22)/t16-,17-/m1/s1. The highest BCUT2D eigenvalue weighted by atomic mass is 16.5. The monoisotopic (exact) mass is 336 g/mol. The van der Waals surface area contributed by atoms with Crippen molar-refractivity contribution in [3.63, 3.8) is 0 Å². The molecule has 3 N–H and O–H groups in total. The van der Waals surface area contributed by atoms with Crippen LogP contribution >= 0.6 is 0 Å². The highest BCUT2D eigenvalue weighted by Gasteiger charge is 2.24. The largest absolute Gasteiger partial charge is 0.491 e. The summed E-state index contributed by atoms with van der Waals surface area (Å²) in [6.45, 7) is 3.41. The second kappa shape index (κ2) is 9.61. The van der Waals surface area contributed by atoms with Gasteiger partial charge in [-0.1, -0.05) is 6.42 Å². The lowest BCUT2D eigenvalue weighted by Gasteiger charge is -2.36. The maximum absolute atomic E-state index is 11.0. The lowest BCUT2D eigenvalue weighted by molar-refractivity contribution is -0.114. The Labute approximate surface area is 143 Å². The smallest absolute Gasteiger partial charge is 0.221 e. The summed E-state index contributed by atoms with van der Waals surface area (Å²) in [5.74, 6) is 0.548. The average Bonchev–Trinajstić information content (AvgIpc) is 2.56. The quantitative estimate of drug-likeness (QED) is 0.672. The van der Waals surface area contributed by atoms with Crippen LogP contribution in [0.1, 0.15) is 32.6 Å². The number of β-amino-alcohol motifs (C(OH)–C–C–N with tert-alkyl or cyclic N) is 1. The van der Waals surface area contributed by atoms with Gasteiger partial charge in [0.1, 0.15) is 18.5 Å². The van der Waals surface area contributed by atoms with Crippen molar-refractivity contribution in [2.75, 3.05) is 31.6 Å². The molecule has 6 nitrogen and oxygen atoms in total. The number of hydrogen-bond acceptors (Lipinski definition) is 5. The highest BCUT2D eigenvalue weighted by molar-refractivity contribution is 5.88. The Morgan fingerprint density at radius 3 is 2.79 bits per heavy atom. The van der Waals surface area contributed by atoms with Gasteiger partial charge in [-0.25, -0.2) is 0 Å². The van der Waals surface area contributed by atoms with Crippen LogP contribution in [0.4, 0.5) is 5.69 Å². The van der Waals surface area contributed by atoms with Gasteiger partial charge in [-0.15, -0.1) is 0 Å². The molecule has 0 spiro atoms. The Hall–Kier alpha value is -1.63. The first-order chi connectivity index (χ1) is 11.6. The van der Waals surface area contributed by atoms with E-state index < -0.39 is 6.10 Å². The Bertz CT molecular complexity index is 504. The number of ether oxygens (including phenoxy) is 1. The van der Waals surface area contributed by atoms with Crippen molar-refractivity contribution in [2.45, 2.75) is 44.8 Å². The molecule has 0 aromatic heterocycles. The van der Waals surface area contributed by atoms with E-state index in [4.69, 9.17) is 9.84 Å². The molecular formula is C18H28N2O4. The summed E-state index contributed by atoms with van der Waals surface area (Å²) in [6.07, 6.45) is 3.60. The predicted molar refractivity (Wildman–Crippen MR) is 93.2 cm³/mol. The van der Waals surface area contributed by atoms with Crippen LogP contribution in [0, 0.1) is 0 Å². The number of nitrogens with zero attached hydrogens (tertiary/aromatic N) is 1. The van der Waals surface area contributed by atoms with Crippen LogP contribution in [0.2, 0.25) is 0 Å². The fourth-order valence-electron chi connectivity index (χ4n) is 3.13. The maximum Gasteiger partial charge on any atom is 0.221 e. The molecule has 1 heterocycles. The number of nitrogens with one attached hydrogen (secondary N) is 1. The van der Waals surface area contributed by atoms with Crippen molar-refractivity contribution in [3.05, 3.63) is 24.3 Å². The summed E-state index contributed by atoms with van der Waals surface area (Å²) in [7, 11) is 0. The van der Waals surface area contributed by atoms with E-state index >= 15 is 0 Å². The molecule has 2 rings (SSSR count). The van der Waals surface area contributed by atoms with E-state index in [9.17, 15) is 9.90 Å². The van der Waals surface area contributed by atoms with Crippen LogP contribution < -0.4 is 10.1 Å². The van der Waals surface area contributed by atoms with Crippen LogP contribution in [0.15, 0.2) is 24.3 Å². The number of anilines is 1. The van der Waals surface area contributed by atoms with E-state index in [2.05, 4.69) is 10.2 Å². The molecule has 0 bridgehead atoms. The van der Waals surface area contributed by atoms with Crippen molar-refractivity contribution in [3.8, 4) is 5.75 Å². The number of amides is 1. The number of likely N-dealkylation sites (tertiary alicyclic amines) is 1. The molecular weight excluding hydrogens is 308 g/mol. The Kier molecular flexibility index (Phi) is 7.49. The number of benzene rings is 1. The van der Waals surface area contributed by atoms with Gasteiger partial charge in [0.2, 0.25) is 5.91 Å².